The van der Waals surface area contributed by atoms with E-state index < -0.39 is 24.6 Å². The molecule has 2 saturated heterocycles. The highest BCUT2D eigenvalue weighted by atomic mass is 16.3. The van der Waals surface area contributed by atoms with Crippen molar-refractivity contribution in [2.24, 2.45) is 0 Å². The minimum Gasteiger partial charge on any atom is -0.387 e. The molecule has 3 amide bonds. The fourth-order valence-electron chi connectivity index (χ4n) is 3.12. The van der Waals surface area contributed by atoms with Gasteiger partial charge in [-0.1, -0.05) is 30.3 Å². The zero-order valence-corrected chi connectivity index (χ0v) is 12.6. The lowest BCUT2D eigenvalue weighted by molar-refractivity contribution is -0.156. The molecule has 23 heavy (non-hydrogen) atoms. The van der Waals surface area contributed by atoms with Crippen molar-refractivity contribution in [3.8, 4) is 0 Å². The second-order valence-corrected chi connectivity index (χ2v) is 5.80. The topological polar surface area (TPSA) is 90.0 Å². The number of hydrogen-bond acceptors (Lipinski definition) is 4. The molecule has 2 aliphatic rings. The van der Waals surface area contributed by atoms with Crippen LogP contribution >= 0.6 is 0 Å². The molecule has 3 rings (SSSR count). The van der Waals surface area contributed by atoms with Crippen LogP contribution in [0.4, 0.5) is 0 Å². The number of nitrogens with one attached hydrogen (secondary N) is 1. The molecule has 0 unspecified atom stereocenters. The van der Waals surface area contributed by atoms with Crippen LogP contribution in [-0.2, 0) is 20.8 Å². The highest BCUT2D eigenvalue weighted by molar-refractivity contribution is 5.98. The summed E-state index contributed by atoms with van der Waals surface area (Å²) < 4.78 is 0. The molecule has 0 aromatic heterocycles. The SMILES string of the molecule is O=C1N[C@H](Cc2ccccc2)C(=O)N2CCN(C(=O)CO)C[C@@H]12. The summed E-state index contributed by atoms with van der Waals surface area (Å²) in [6.45, 7) is 0.203. The van der Waals surface area contributed by atoms with Crippen molar-refractivity contribution in [2.75, 3.05) is 26.2 Å². The molecule has 2 aliphatic heterocycles. The summed E-state index contributed by atoms with van der Waals surface area (Å²) in [5.41, 5.74) is 0.985. The first kappa shape index (κ1) is 15.5. The summed E-state index contributed by atoms with van der Waals surface area (Å²) in [6, 6.07) is 8.30. The molecule has 2 heterocycles. The summed E-state index contributed by atoms with van der Waals surface area (Å²) in [7, 11) is 0. The Morgan fingerprint density at radius 2 is 1.96 bits per heavy atom. The van der Waals surface area contributed by atoms with E-state index in [0.717, 1.165) is 5.56 Å². The molecule has 0 radical (unpaired) electrons. The summed E-state index contributed by atoms with van der Waals surface area (Å²) in [5, 5.41) is 11.7. The Kier molecular flexibility index (Phi) is 4.29. The van der Waals surface area contributed by atoms with Gasteiger partial charge in [-0.2, -0.15) is 0 Å². The van der Waals surface area contributed by atoms with Crippen LogP contribution in [0.2, 0.25) is 0 Å². The van der Waals surface area contributed by atoms with E-state index in [1.54, 1.807) is 4.90 Å². The van der Waals surface area contributed by atoms with Crippen molar-refractivity contribution >= 4 is 17.7 Å². The van der Waals surface area contributed by atoms with Crippen LogP contribution in [0.15, 0.2) is 30.3 Å². The average Bonchev–Trinajstić information content (AvgIpc) is 2.59. The second-order valence-electron chi connectivity index (χ2n) is 5.80. The van der Waals surface area contributed by atoms with Gasteiger partial charge in [-0.25, -0.2) is 0 Å². The first-order valence-corrected chi connectivity index (χ1v) is 7.63. The molecule has 122 valence electrons. The number of fused-ring (bicyclic) bond motifs is 1. The Morgan fingerprint density at radius 3 is 2.65 bits per heavy atom. The summed E-state index contributed by atoms with van der Waals surface area (Å²) >= 11 is 0. The third-order valence-electron chi connectivity index (χ3n) is 4.35. The standard InChI is InChI=1S/C16H19N3O4/c20-10-14(21)18-6-7-19-13(9-18)15(22)17-12(16(19)23)8-11-4-2-1-3-5-11/h1-5,12-13,20H,6-10H2,(H,17,22)/t12-,13+/m1/s1. The van der Waals surface area contributed by atoms with Crippen molar-refractivity contribution in [1.82, 2.24) is 15.1 Å². The Morgan fingerprint density at radius 1 is 1.22 bits per heavy atom. The lowest BCUT2D eigenvalue weighted by Gasteiger charge is -2.45. The van der Waals surface area contributed by atoms with Gasteiger partial charge in [0.15, 0.2) is 0 Å². The van der Waals surface area contributed by atoms with Gasteiger partial charge in [0, 0.05) is 19.5 Å². The van der Waals surface area contributed by atoms with Gasteiger partial charge in [-0.3, -0.25) is 14.4 Å². The number of rotatable bonds is 3. The van der Waals surface area contributed by atoms with E-state index in [1.165, 1.54) is 4.90 Å². The summed E-state index contributed by atoms with van der Waals surface area (Å²) in [6.07, 6.45) is 0.452. The largest absolute Gasteiger partial charge is 0.387 e. The van der Waals surface area contributed by atoms with Crippen LogP contribution in [0.25, 0.3) is 0 Å². The van der Waals surface area contributed by atoms with Crippen molar-refractivity contribution in [2.45, 2.75) is 18.5 Å². The first-order valence-electron chi connectivity index (χ1n) is 7.63. The molecule has 2 atom stereocenters. The van der Waals surface area contributed by atoms with Gasteiger partial charge in [0.05, 0.1) is 6.54 Å². The third kappa shape index (κ3) is 3.05. The number of nitrogens with zero attached hydrogens (tertiary/aromatic N) is 2. The van der Waals surface area contributed by atoms with Crippen LogP contribution in [0.5, 0.6) is 0 Å². The van der Waals surface area contributed by atoms with Gasteiger partial charge in [0.25, 0.3) is 0 Å². The molecule has 7 heteroatoms. The Bertz CT molecular complexity index is 619. The number of carbonyl (C=O) groups is 3. The van der Waals surface area contributed by atoms with Crippen molar-refractivity contribution in [1.29, 1.82) is 0 Å². The molecular weight excluding hydrogens is 298 g/mol. The fourth-order valence-corrected chi connectivity index (χ4v) is 3.12. The molecule has 0 spiro atoms. The quantitative estimate of drug-likeness (QED) is 0.730. The van der Waals surface area contributed by atoms with E-state index in [9.17, 15) is 14.4 Å². The lowest BCUT2D eigenvalue weighted by Crippen LogP contribution is -2.70. The molecule has 1 aromatic carbocycles. The van der Waals surface area contributed by atoms with Crippen molar-refractivity contribution in [3.63, 3.8) is 0 Å². The number of piperazine rings is 2. The normalized spacial score (nSPS) is 24.2. The summed E-state index contributed by atoms with van der Waals surface area (Å²) in [4.78, 5) is 39.5. The monoisotopic (exact) mass is 317 g/mol. The van der Waals surface area contributed by atoms with Gasteiger partial charge in [0.1, 0.15) is 18.7 Å². The van der Waals surface area contributed by atoms with E-state index in [2.05, 4.69) is 5.32 Å². The highest BCUT2D eigenvalue weighted by Gasteiger charge is 2.43. The maximum Gasteiger partial charge on any atom is 0.248 e. The van der Waals surface area contributed by atoms with Gasteiger partial charge in [-0.05, 0) is 5.56 Å². The van der Waals surface area contributed by atoms with Crippen LogP contribution in [0, 0.1) is 0 Å². The van der Waals surface area contributed by atoms with Crippen LogP contribution in [0.1, 0.15) is 5.56 Å². The van der Waals surface area contributed by atoms with Crippen LogP contribution in [0.3, 0.4) is 0 Å². The molecule has 0 bridgehead atoms. The number of aliphatic hydroxyl groups is 1. The van der Waals surface area contributed by atoms with Crippen molar-refractivity contribution < 1.29 is 19.5 Å². The third-order valence-corrected chi connectivity index (χ3v) is 4.35. The minimum absolute atomic E-state index is 0.116. The first-order chi connectivity index (χ1) is 11.1. The highest BCUT2D eigenvalue weighted by Crippen LogP contribution is 2.18. The molecule has 7 nitrogen and oxygen atoms in total. The van der Waals surface area contributed by atoms with E-state index in [-0.39, 0.29) is 18.4 Å². The average molecular weight is 317 g/mol. The Hall–Kier alpha value is -2.41. The molecule has 0 aliphatic carbocycles. The van der Waals surface area contributed by atoms with E-state index in [4.69, 9.17) is 5.11 Å². The fraction of sp³-hybridized carbons (Fsp3) is 0.438. The maximum atomic E-state index is 12.6. The molecule has 1 aromatic rings. The van der Waals surface area contributed by atoms with E-state index in [1.807, 2.05) is 30.3 Å². The Balaban J connectivity index is 1.71. The van der Waals surface area contributed by atoms with E-state index >= 15 is 0 Å². The van der Waals surface area contributed by atoms with Gasteiger partial charge < -0.3 is 20.2 Å². The zero-order chi connectivity index (χ0) is 16.4. The number of aliphatic hydroxyl groups excluding tert-OH is 1. The molecule has 0 saturated carbocycles. The smallest absolute Gasteiger partial charge is 0.248 e. The van der Waals surface area contributed by atoms with Gasteiger partial charge in [0.2, 0.25) is 17.7 Å². The van der Waals surface area contributed by atoms with E-state index in [0.29, 0.717) is 19.5 Å². The molecule has 2 N–H and O–H groups in total. The number of carbonyl (C=O) groups excluding carboxylic acids is 3. The predicted molar refractivity (Wildman–Crippen MR) is 81.2 cm³/mol. The van der Waals surface area contributed by atoms with Crippen LogP contribution < -0.4 is 5.32 Å². The Labute approximate surface area is 133 Å². The van der Waals surface area contributed by atoms with Gasteiger partial charge >= 0.3 is 0 Å². The number of amides is 3. The van der Waals surface area contributed by atoms with Crippen molar-refractivity contribution in [3.05, 3.63) is 35.9 Å². The lowest BCUT2D eigenvalue weighted by atomic mass is 9.98. The van der Waals surface area contributed by atoms with Crippen LogP contribution in [-0.4, -0.2) is 71.0 Å². The van der Waals surface area contributed by atoms with Gasteiger partial charge in [-0.15, -0.1) is 0 Å². The minimum atomic E-state index is -0.668. The zero-order valence-electron chi connectivity index (χ0n) is 12.6. The number of hydrogen-bond donors (Lipinski definition) is 2. The summed E-state index contributed by atoms with van der Waals surface area (Å²) in [5.74, 6) is -0.785. The molecular formula is C16H19N3O4. The second kappa shape index (κ2) is 6.37. The maximum absolute atomic E-state index is 12.6. The number of benzene rings is 1. The molecule has 2 fully saturated rings. The predicted octanol–water partition coefficient (Wildman–Crippen LogP) is -1.24.